The molecule has 65 heavy (non-hydrogen) atoms. The van der Waals surface area contributed by atoms with Crippen molar-refractivity contribution in [3.8, 4) is 79.5 Å². The molecule has 0 radical (unpaired) electrons. The molecule has 4 aliphatic rings. The lowest BCUT2D eigenvalue weighted by atomic mass is 9.61. The van der Waals surface area contributed by atoms with E-state index in [0.717, 1.165) is 33.4 Å². The first kappa shape index (κ1) is 37.3. The molecule has 0 spiro atoms. The molecule has 14 rings (SSSR count). The molecule has 2 heterocycles. The Balaban J connectivity index is 0.935. The Labute approximate surface area is 377 Å². The molecule has 2 aromatic heterocycles. The highest BCUT2D eigenvalue weighted by Crippen LogP contribution is 2.57. The maximum atomic E-state index is 5.28. The van der Waals surface area contributed by atoms with E-state index in [0.29, 0.717) is 34.9 Å². The number of rotatable bonds is 6. The minimum absolute atomic E-state index is 0.0309. The summed E-state index contributed by atoms with van der Waals surface area (Å²) in [6.45, 7) is 4.62. The van der Waals surface area contributed by atoms with Gasteiger partial charge in [0, 0.05) is 50.6 Å². The number of fused-ring (bicyclic) bond motifs is 3. The lowest BCUT2D eigenvalue weighted by molar-refractivity contribution is 0.660. The highest BCUT2D eigenvalue weighted by atomic mass is 15.0. The zero-order chi connectivity index (χ0) is 43.2. The SMILES string of the molecule is CC1(C)c2ccccc2-c2cc(-c3nc(-c4ccccc4)nc(-c4ccc5c(c4)C4c6ccccc6C5c5cc(-c6nc(-c7ccccc7)nc(-c7ccccc7)n6)ccc54)n3)ccc21. The van der Waals surface area contributed by atoms with Crippen molar-refractivity contribution < 1.29 is 0 Å². The van der Waals surface area contributed by atoms with E-state index in [1.165, 1.54) is 55.6 Å². The molecule has 2 bridgehead atoms. The van der Waals surface area contributed by atoms with Crippen LogP contribution in [0.2, 0.25) is 0 Å². The Hall–Kier alpha value is -8.22. The Kier molecular flexibility index (Phi) is 8.28. The van der Waals surface area contributed by atoms with Crippen LogP contribution in [0.25, 0.3) is 79.5 Å². The zero-order valence-electron chi connectivity index (χ0n) is 35.8. The molecule has 4 aliphatic carbocycles. The summed E-state index contributed by atoms with van der Waals surface area (Å²) in [4.78, 5) is 30.8. The highest BCUT2D eigenvalue weighted by Gasteiger charge is 2.42. The van der Waals surface area contributed by atoms with Crippen LogP contribution in [0.4, 0.5) is 0 Å². The van der Waals surface area contributed by atoms with Gasteiger partial charge in [0.1, 0.15) is 0 Å². The van der Waals surface area contributed by atoms with Gasteiger partial charge in [0.05, 0.1) is 0 Å². The van der Waals surface area contributed by atoms with Gasteiger partial charge in [0.25, 0.3) is 0 Å². The van der Waals surface area contributed by atoms with Crippen LogP contribution in [-0.4, -0.2) is 29.9 Å². The summed E-state index contributed by atoms with van der Waals surface area (Å²) in [5.41, 5.74) is 18.7. The molecule has 306 valence electrons. The lowest BCUT2D eigenvalue weighted by Crippen LogP contribution is -2.27. The third kappa shape index (κ3) is 5.94. The van der Waals surface area contributed by atoms with Gasteiger partial charge in [0.2, 0.25) is 0 Å². The molecule has 6 nitrogen and oxygen atoms in total. The Bertz CT molecular complexity index is 3470. The van der Waals surface area contributed by atoms with Crippen molar-refractivity contribution in [2.24, 2.45) is 0 Å². The number of aromatic nitrogens is 6. The number of hydrogen-bond acceptors (Lipinski definition) is 6. The van der Waals surface area contributed by atoms with Gasteiger partial charge in [-0.1, -0.05) is 190 Å². The molecule has 6 heteroatoms. The van der Waals surface area contributed by atoms with Gasteiger partial charge in [0.15, 0.2) is 34.9 Å². The summed E-state index contributed by atoms with van der Waals surface area (Å²) in [7, 11) is 0. The van der Waals surface area contributed by atoms with Gasteiger partial charge in [-0.3, -0.25) is 0 Å². The van der Waals surface area contributed by atoms with Crippen molar-refractivity contribution in [2.75, 3.05) is 0 Å². The summed E-state index contributed by atoms with van der Waals surface area (Å²) in [5.74, 6) is 3.99. The maximum absolute atomic E-state index is 5.28. The van der Waals surface area contributed by atoms with E-state index in [-0.39, 0.29) is 17.3 Å². The van der Waals surface area contributed by atoms with Crippen LogP contribution >= 0.6 is 0 Å². The Morgan fingerprint density at radius 1 is 0.277 bits per heavy atom. The fourth-order valence-electron chi connectivity index (χ4n) is 10.6. The molecular weight excluding hydrogens is 793 g/mol. The third-order valence-corrected chi connectivity index (χ3v) is 13.8. The number of hydrogen-bond donors (Lipinski definition) is 0. The second kappa shape index (κ2) is 14.4. The average Bonchev–Trinajstić information content (AvgIpc) is 3.61. The third-order valence-electron chi connectivity index (χ3n) is 13.8. The first-order chi connectivity index (χ1) is 32.0. The standard InChI is InChI=1S/C59H40N6/c1-59(2)49-25-15-14-22-41(49)46-32-40(28-31-50(46)59)58-64-55(37-20-10-5-11-21-37)63-57(65-58)39-27-30-45-48(34-39)52-43-24-13-12-23-42(43)51(45)47-33-38(26-29-44(47)52)56-61-53(35-16-6-3-7-17-35)60-54(62-56)36-18-8-4-9-19-36/h3-34,51-52H,1-2H3. The van der Waals surface area contributed by atoms with Crippen LogP contribution in [0.5, 0.6) is 0 Å². The zero-order valence-corrected chi connectivity index (χ0v) is 35.8. The second-order valence-electron chi connectivity index (χ2n) is 17.8. The predicted molar refractivity (Wildman–Crippen MR) is 258 cm³/mol. The minimum atomic E-state index is -0.0875. The van der Waals surface area contributed by atoms with Crippen LogP contribution in [0.3, 0.4) is 0 Å². The van der Waals surface area contributed by atoms with Crippen LogP contribution in [-0.2, 0) is 5.41 Å². The first-order valence-corrected chi connectivity index (χ1v) is 22.3. The summed E-state index contributed by atoms with van der Waals surface area (Å²) >= 11 is 0. The van der Waals surface area contributed by atoms with Gasteiger partial charge < -0.3 is 0 Å². The van der Waals surface area contributed by atoms with Crippen LogP contribution in [0.1, 0.15) is 70.2 Å². The number of nitrogens with zero attached hydrogens (tertiary/aromatic N) is 6. The fourth-order valence-corrected chi connectivity index (χ4v) is 10.6. The van der Waals surface area contributed by atoms with E-state index >= 15 is 0 Å². The molecule has 0 fully saturated rings. The van der Waals surface area contributed by atoms with E-state index in [2.05, 4.69) is 153 Å². The molecule has 0 saturated heterocycles. The highest BCUT2D eigenvalue weighted by molar-refractivity contribution is 5.84. The summed E-state index contributed by atoms with van der Waals surface area (Å²) < 4.78 is 0. The normalized spacial score (nSPS) is 15.7. The van der Waals surface area contributed by atoms with Gasteiger partial charge >= 0.3 is 0 Å². The summed E-state index contributed by atoms with van der Waals surface area (Å²) in [5, 5.41) is 0. The van der Waals surface area contributed by atoms with E-state index in [9.17, 15) is 0 Å². The van der Waals surface area contributed by atoms with Crippen molar-refractivity contribution in [3.63, 3.8) is 0 Å². The maximum Gasteiger partial charge on any atom is 0.164 e. The molecule has 0 aliphatic heterocycles. The Morgan fingerprint density at radius 2 is 0.615 bits per heavy atom. The molecular formula is C59H40N6. The van der Waals surface area contributed by atoms with Crippen molar-refractivity contribution in [1.29, 1.82) is 0 Å². The van der Waals surface area contributed by atoms with Gasteiger partial charge in [-0.15, -0.1) is 0 Å². The van der Waals surface area contributed by atoms with E-state index < -0.39 is 0 Å². The quantitative estimate of drug-likeness (QED) is 0.166. The van der Waals surface area contributed by atoms with E-state index in [1.807, 2.05) is 54.6 Å². The lowest BCUT2D eigenvalue weighted by Gasteiger charge is -2.42. The average molecular weight is 833 g/mol. The van der Waals surface area contributed by atoms with Crippen molar-refractivity contribution >= 4 is 0 Å². The molecule has 10 aromatic rings. The monoisotopic (exact) mass is 832 g/mol. The Morgan fingerprint density at radius 3 is 1.08 bits per heavy atom. The van der Waals surface area contributed by atoms with E-state index in [4.69, 9.17) is 29.9 Å². The molecule has 2 atom stereocenters. The van der Waals surface area contributed by atoms with Crippen molar-refractivity contribution in [3.05, 3.63) is 239 Å². The van der Waals surface area contributed by atoms with Crippen molar-refractivity contribution in [2.45, 2.75) is 31.1 Å². The molecule has 0 N–H and O–H groups in total. The smallest absolute Gasteiger partial charge is 0.164 e. The predicted octanol–water partition coefficient (Wildman–Crippen LogP) is 13.4. The first-order valence-electron chi connectivity index (χ1n) is 22.3. The summed E-state index contributed by atoms with van der Waals surface area (Å²) in [6.07, 6.45) is 0. The second-order valence-corrected chi connectivity index (χ2v) is 17.8. The van der Waals surface area contributed by atoms with Gasteiger partial charge in [-0.2, -0.15) is 0 Å². The van der Waals surface area contributed by atoms with E-state index in [1.54, 1.807) is 0 Å². The van der Waals surface area contributed by atoms with Crippen molar-refractivity contribution in [1.82, 2.24) is 29.9 Å². The molecule has 0 saturated carbocycles. The molecule has 0 amide bonds. The minimum Gasteiger partial charge on any atom is -0.208 e. The number of benzene rings is 8. The van der Waals surface area contributed by atoms with Crippen LogP contribution in [0, 0.1) is 0 Å². The topological polar surface area (TPSA) is 77.3 Å². The largest absolute Gasteiger partial charge is 0.208 e. The fraction of sp³-hybridized carbons (Fsp3) is 0.0847. The molecule has 2 unspecified atom stereocenters. The van der Waals surface area contributed by atoms with Gasteiger partial charge in [-0.05, 0) is 73.8 Å². The van der Waals surface area contributed by atoms with Crippen LogP contribution < -0.4 is 0 Å². The van der Waals surface area contributed by atoms with Crippen LogP contribution in [0.15, 0.2) is 194 Å². The van der Waals surface area contributed by atoms with Gasteiger partial charge in [-0.25, -0.2) is 29.9 Å². The molecule has 8 aromatic carbocycles. The summed E-state index contributed by atoms with van der Waals surface area (Å²) in [6, 6.07) is 68.6.